The van der Waals surface area contributed by atoms with Crippen LogP contribution in [0, 0.1) is 0 Å². The number of nitrogens with zero attached hydrogens (tertiary/aromatic N) is 1. The Bertz CT molecular complexity index is 1310. The van der Waals surface area contributed by atoms with E-state index in [4.69, 9.17) is 9.47 Å². The first-order valence-electron chi connectivity index (χ1n) is 13.4. The molecule has 0 unspecified atom stereocenters. The van der Waals surface area contributed by atoms with Crippen LogP contribution in [0.25, 0.3) is 11.1 Å². The molecule has 220 valence electrons. The predicted octanol–water partition coefficient (Wildman–Crippen LogP) is 7.82. The van der Waals surface area contributed by atoms with E-state index >= 15 is 0 Å². The Hall–Kier alpha value is -4.01. The number of unbranched alkanes of at least 4 members (excludes halogenated alkanes) is 2. The summed E-state index contributed by atoms with van der Waals surface area (Å²) in [5, 5.41) is 0. The maximum atomic E-state index is 13.3. The van der Waals surface area contributed by atoms with Crippen molar-refractivity contribution in [3.63, 3.8) is 0 Å². The van der Waals surface area contributed by atoms with Gasteiger partial charge in [-0.3, -0.25) is 9.69 Å². The molecular formula is C32H36F3NO5. The van der Waals surface area contributed by atoms with E-state index in [1.807, 2.05) is 24.3 Å². The van der Waals surface area contributed by atoms with Gasteiger partial charge in [-0.25, -0.2) is 4.79 Å². The number of carbonyl (C=O) groups excluding carboxylic acids is 2. The second-order valence-electron chi connectivity index (χ2n) is 10.6. The summed E-state index contributed by atoms with van der Waals surface area (Å²) in [6.07, 6.45) is -2.03. The van der Waals surface area contributed by atoms with E-state index in [1.165, 1.54) is 29.2 Å². The predicted molar refractivity (Wildman–Crippen MR) is 152 cm³/mol. The molecule has 0 heterocycles. The highest BCUT2D eigenvalue weighted by molar-refractivity contribution is 6.38. The number of anilines is 1. The van der Waals surface area contributed by atoms with Crippen molar-refractivity contribution >= 4 is 17.6 Å². The molecule has 1 amide bonds. The molecule has 0 spiro atoms. The molecular weight excluding hydrogens is 535 g/mol. The monoisotopic (exact) mass is 571 g/mol. The van der Waals surface area contributed by atoms with Crippen molar-refractivity contribution in [2.24, 2.45) is 0 Å². The number of ether oxygens (including phenoxy) is 3. The number of benzene rings is 3. The molecule has 0 fully saturated rings. The minimum absolute atomic E-state index is 0.0609. The van der Waals surface area contributed by atoms with Crippen molar-refractivity contribution in [3.8, 4) is 22.6 Å². The molecule has 0 radical (unpaired) electrons. The number of halogens is 3. The van der Waals surface area contributed by atoms with Gasteiger partial charge in [-0.05, 0) is 58.4 Å². The van der Waals surface area contributed by atoms with E-state index < -0.39 is 18.2 Å². The number of alkyl halides is 3. The number of methoxy groups -OCH3 is 1. The Labute approximate surface area is 239 Å². The Morgan fingerprint density at radius 3 is 2.05 bits per heavy atom. The Morgan fingerprint density at radius 1 is 0.854 bits per heavy atom. The zero-order valence-corrected chi connectivity index (χ0v) is 24.0. The summed E-state index contributed by atoms with van der Waals surface area (Å²) >= 11 is 0. The number of hydrogen-bond acceptors (Lipinski definition) is 5. The molecule has 0 N–H and O–H groups in total. The largest absolute Gasteiger partial charge is 0.573 e. The van der Waals surface area contributed by atoms with Crippen LogP contribution in [0.1, 0.15) is 58.1 Å². The molecule has 3 aromatic rings. The van der Waals surface area contributed by atoms with Gasteiger partial charge in [0.15, 0.2) is 0 Å². The third-order valence-corrected chi connectivity index (χ3v) is 6.44. The Morgan fingerprint density at radius 2 is 1.49 bits per heavy atom. The first-order chi connectivity index (χ1) is 19.3. The maximum Gasteiger partial charge on any atom is 0.573 e. The summed E-state index contributed by atoms with van der Waals surface area (Å²) in [7, 11) is 1.14. The van der Waals surface area contributed by atoms with Crippen LogP contribution < -0.4 is 14.4 Å². The van der Waals surface area contributed by atoms with Crippen molar-refractivity contribution < 1.29 is 37.0 Å². The fourth-order valence-electron chi connectivity index (χ4n) is 4.17. The lowest BCUT2D eigenvalue weighted by Gasteiger charge is -2.26. The molecule has 41 heavy (non-hydrogen) atoms. The van der Waals surface area contributed by atoms with Crippen molar-refractivity contribution in [2.75, 3.05) is 18.6 Å². The highest BCUT2D eigenvalue weighted by Gasteiger charge is 2.31. The highest BCUT2D eigenvalue weighted by atomic mass is 19.4. The van der Waals surface area contributed by atoms with E-state index in [1.54, 1.807) is 18.2 Å². The van der Waals surface area contributed by atoms with E-state index in [-0.39, 0.29) is 17.7 Å². The summed E-state index contributed by atoms with van der Waals surface area (Å²) in [4.78, 5) is 27.1. The normalized spacial score (nSPS) is 11.6. The summed E-state index contributed by atoms with van der Waals surface area (Å²) < 4.78 is 52.7. The van der Waals surface area contributed by atoms with Gasteiger partial charge in [-0.15, -0.1) is 13.2 Å². The number of esters is 1. The van der Waals surface area contributed by atoms with Gasteiger partial charge in [0.1, 0.15) is 11.5 Å². The molecule has 3 aromatic carbocycles. The van der Waals surface area contributed by atoms with Crippen LogP contribution in [-0.4, -0.2) is 32.0 Å². The fraction of sp³-hybridized carbons (Fsp3) is 0.375. The van der Waals surface area contributed by atoms with Gasteiger partial charge in [0.2, 0.25) is 0 Å². The minimum Gasteiger partial charge on any atom is -0.491 e. The Kier molecular flexibility index (Phi) is 10.4. The van der Waals surface area contributed by atoms with Crippen LogP contribution in [0.2, 0.25) is 0 Å². The fourth-order valence-corrected chi connectivity index (χ4v) is 4.17. The summed E-state index contributed by atoms with van der Waals surface area (Å²) in [5.74, 6) is -1.87. The first-order valence-corrected chi connectivity index (χ1v) is 13.4. The number of rotatable bonds is 10. The van der Waals surface area contributed by atoms with Gasteiger partial charge >= 0.3 is 18.2 Å². The second-order valence-corrected chi connectivity index (χ2v) is 10.6. The molecule has 0 saturated heterocycles. The van der Waals surface area contributed by atoms with E-state index in [9.17, 15) is 22.8 Å². The van der Waals surface area contributed by atoms with E-state index in [0.29, 0.717) is 29.2 Å². The first kappa shape index (κ1) is 31.5. The van der Waals surface area contributed by atoms with E-state index in [0.717, 1.165) is 37.5 Å². The maximum absolute atomic E-state index is 13.3. The average Bonchev–Trinajstić information content (AvgIpc) is 2.92. The van der Waals surface area contributed by atoms with Crippen LogP contribution >= 0.6 is 0 Å². The number of amides is 1. The lowest BCUT2D eigenvalue weighted by atomic mass is 9.87. The topological polar surface area (TPSA) is 65.1 Å². The zero-order chi connectivity index (χ0) is 30.2. The molecule has 3 rings (SSSR count). The molecule has 9 heteroatoms. The molecule has 0 atom stereocenters. The molecule has 0 saturated carbocycles. The summed E-state index contributed by atoms with van der Waals surface area (Å²) in [6, 6.07) is 18.3. The van der Waals surface area contributed by atoms with E-state index in [2.05, 4.69) is 32.4 Å². The highest BCUT2D eigenvalue weighted by Crippen LogP contribution is 2.36. The average molecular weight is 572 g/mol. The number of hydrogen-bond donors (Lipinski definition) is 0. The third-order valence-electron chi connectivity index (χ3n) is 6.44. The van der Waals surface area contributed by atoms with Gasteiger partial charge in [-0.2, -0.15) is 0 Å². The second kappa shape index (κ2) is 13.6. The van der Waals surface area contributed by atoms with Crippen molar-refractivity contribution in [1.29, 1.82) is 0 Å². The molecule has 0 aliphatic heterocycles. The van der Waals surface area contributed by atoms with Gasteiger partial charge in [0, 0.05) is 0 Å². The van der Waals surface area contributed by atoms with Gasteiger partial charge in [-0.1, -0.05) is 83.0 Å². The smallest absolute Gasteiger partial charge is 0.491 e. The zero-order valence-electron chi connectivity index (χ0n) is 24.0. The van der Waals surface area contributed by atoms with Crippen LogP contribution in [0.4, 0.5) is 18.9 Å². The SMILES string of the molecule is CCCCCOc1ccc(-c2ccc(OC(F)(F)F)cc2)cc1N(Cc1ccc(C(C)(C)C)cc1)C(=O)C(=O)OC. The van der Waals surface area contributed by atoms with Crippen LogP contribution in [-0.2, 0) is 26.3 Å². The number of carbonyl (C=O) groups is 2. The molecule has 0 bridgehead atoms. The van der Waals surface area contributed by atoms with Crippen molar-refractivity contribution in [1.82, 2.24) is 0 Å². The minimum atomic E-state index is -4.80. The summed E-state index contributed by atoms with van der Waals surface area (Å²) in [6.45, 7) is 8.85. The van der Waals surface area contributed by atoms with Gasteiger partial charge < -0.3 is 14.2 Å². The quantitative estimate of drug-likeness (QED) is 0.141. The Balaban J connectivity index is 2.05. The standard InChI is InChI=1S/C32H36F3NO5/c1-6-7-8-19-40-28-18-13-24(23-11-16-26(17-12-23)41-32(33,34)35)20-27(28)36(29(37)30(38)39-5)21-22-9-14-25(15-10-22)31(2,3)4/h9-18,20H,6-8,19,21H2,1-5H3. The van der Waals surface area contributed by atoms with Crippen LogP contribution in [0.3, 0.4) is 0 Å². The van der Waals surface area contributed by atoms with Crippen molar-refractivity contribution in [3.05, 3.63) is 77.9 Å². The third kappa shape index (κ3) is 8.99. The molecule has 0 aromatic heterocycles. The van der Waals surface area contributed by atoms with Crippen LogP contribution in [0.5, 0.6) is 11.5 Å². The molecule has 0 aliphatic carbocycles. The lowest BCUT2D eigenvalue weighted by molar-refractivity contribution is -0.274. The van der Waals surface area contributed by atoms with Gasteiger partial charge in [0.05, 0.1) is 25.9 Å². The lowest BCUT2D eigenvalue weighted by Crippen LogP contribution is -2.37. The summed E-state index contributed by atoms with van der Waals surface area (Å²) in [5.41, 5.74) is 3.36. The molecule has 0 aliphatic rings. The van der Waals surface area contributed by atoms with Crippen molar-refractivity contribution in [2.45, 2.75) is 65.3 Å². The molecule has 6 nitrogen and oxygen atoms in total. The van der Waals surface area contributed by atoms with Crippen LogP contribution in [0.15, 0.2) is 66.7 Å². The van der Waals surface area contributed by atoms with Gasteiger partial charge in [0.25, 0.3) is 0 Å².